The second-order valence-corrected chi connectivity index (χ2v) is 12.7. The van der Waals surface area contributed by atoms with Crippen molar-refractivity contribution in [3.63, 3.8) is 0 Å². The lowest BCUT2D eigenvalue weighted by Crippen LogP contribution is -2.39. The molecule has 9 heteroatoms. The number of sulfonamides is 1. The molecular weight excluding hydrogens is 504 g/mol. The number of amides is 1. The molecule has 2 aromatic heterocycles. The number of carbonyl (C=O) groups excluding carboxylic acids is 1. The Balaban J connectivity index is 1.48. The molecule has 5 rings (SSSR count). The van der Waals surface area contributed by atoms with Crippen LogP contribution in [0.1, 0.15) is 46.9 Å². The predicted octanol–water partition coefficient (Wildman–Crippen LogP) is 5.58. The summed E-state index contributed by atoms with van der Waals surface area (Å²) in [6, 6.07) is 16.0. The maximum absolute atomic E-state index is 13.8. The first-order chi connectivity index (χ1) is 17.7. The lowest BCUT2D eigenvalue weighted by Gasteiger charge is -2.30. The van der Waals surface area contributed by atoms with E-state index in [1.54, 1.807) is 27.5 Å². The highest BCUT2D eigenvalue weighted by Gasteiger charge is 2.29. The average molecular weight is 535 g/mol. The van der Waals surface area contributed by atoms with E-state index in [2.05, 4.69) is 18.0 Å². The van der Waals surface area contributed by atoms with Gasteiger partial charge in [-0.05, 0) is 86.2 Å². The van der Waals surface area contributed by atoms with Crippen molar-refractivity contribution in [1.82, 2.24) is 14.3 Å². The van der Waals surface area contributed by atoms with Crippen molar-refractivity contribution in [2.75, 3.05) is 18.0 Å². The minimum Gasteiger partial charge on any atom is -0.278 e. The number of anilines is 1. The number of carbonyl (C=O) groups is 1. The number of aromatic nitrogens is 2. The maximum Gasteiger partial charge on any atom is 0.260 e. The summed E-state index contributed by atoms with van der Waals surface area (Å²) >= 11 is 1.47. The molecule has 1 atom stereocenters. The summed E-state index contributed by atoms with van der Waals surface area (Å²) < 4.78 is 29.0. The zero-order valence-electron chi connectivity index (χ0n) is 21.2. The first-order valence-corrected chi connectivity index (χ1v) is 14.7. The van der Waals surface area contributed by atoms with E-state index in [-0.39, 0.29) is 17.3 Å². The van der Waals surface area contributed by atoms with Crippen molar-refractivity contribution in [3.8, 4) is 0 Å². The van der Waals surface area contributed by atoms with E-state index in [1.807, 2.05) is 38.1 Å². The Bertz CT molecular complexity index is 1530. The summed E-state index contributed by atoms with van der Waals surface area (Å²) in [5, 5.41) is 0.582. The lowest BCUT2D eigenvalue weighted by molar-refractivity contribution is 0.0984. The fraction of sp³-hybridized carbons (Fsp3) is 0.321. The molecule has 4 aromatic rings. The van der Waals surface area contributed by atoms with Gasteiger partial charge in [-0.2, -0.15) is 4.31 Å². The third kappa shape index (κ3) is 5.30. The van der Waals surface area contributed by atoms with Gasteiger partial charge in [-0.25, -0.2) is 13.4 Å². The molecule has 37 heavy (non-hydrogen) atoms. The number of thiazole rings is 1. The van der Waals surface area contributed by atoms with Gasteiger partial charge >= 0.3 is 0 Å². The SMILES string of the molecule is Cc1cc(C)c2sc(N(Cc3ccccn3)C(=O)c3ccc(S(=O)(=O)N4CCCC(C)C4)cc3)nc2c1. The molecule has 0 saturated carbocycles. The minimum atomic E-state index is -3.60. The van der Waals surface area contributed by atoms with Crippen LogP contribution in [0.5, 0.6) is 0 Å². The van der Waals surface area contributed by atoms with Crippen LogP contribution in [0.4, 0.5) is 5.13 Å². The molecule has 0 spiro atoms. The fourth-order valence-electron chi connectivity index (χ4n) is 4.80. The van der Waals surface area contributed by atoms with Gasteiger partial charge in [0.05, 0.1) is 27.4 Å². The van der Waals surface area contributed by atoms with Crippen LogP contribution in [0.3, 0.4) is 0 Å². The van der Waals surface area contributed by atoms with Gasteiger partial charge in [0.1, 0.15) is 0 Å². The first kappa shape index (κ1) is 25.5. The quantitative estimate of drug-likeness (QED) is 0.323. The summed E-state index contributed by atoms with van der Waals surface area (Å²) in [5.74, 6) is 0.0837. The number of fused-ring (bicyclic) bond motifs is 1. The van der Waals surface area contributed by atoms with Crippen molar-refractivity contribution >= 4 is 42.6 Å². The van der Waals surface area contributed by atoms with Crippen LogP contribution in [0.15, 0.2) is 65.7 Å². The van der Waals surface area contributed by atoms with Gasteiger partial charge in [-0.1, -0.05) is 30.4 Å². The zero-order valence-corrected chi connectivity index (χ0v) is 22.8. The molecule has 1 amide bonds. The van der Waals surface area contributed by atoms with Gasteiger partial charge in [0.2, 0.25) is 10.0 Å². The number of rotatable bonds is 6. The highest BCUT2D eigenvalue weighted by molar-refractivity contribution is 7.89. The van der Waals surface area contributed by atoms with Crippen molar-refractivity contribution in [3.05, 3.63) is 83.2 Å². The Morgan fingerprint density at radius 1 is 1.14 bits per heavy atom. The standard InChI is InChI=1S/C28H30N4O3S2/c1-19-7-6-14-31(17-19)37(34,35)24-11-9-22(10-12-24)27(33)32(18-23-8-4-5-13-29-23)28-30-25-16-20(2)15-21(3)26(25)36-28/h4-5,8-13,15-16,19H,6-7,14,17-18H2,1-3H3. The Morgan fingerprint density at radius 2 is 1.92 bits per heavy atom. The second kappa shape index (κ2) is 10.3. The van der Waals surface area contributed by atoms with E-state index in [1.165, 1.54) is 23.5 Å². The zero-order chi connectivity index (χ0) is 26.2. The Kier molecular flexibility index (Phi) is 7.11. The molecule has 0 N–H and O–H groups in total. The Labute approximate surface area is 221 Å². The van der Waals surface area contributed by atoms with Crippen molar-refractivity contribution in [2.45, 2.75) is 45.1 Å². The van der Waals surface area contributed by atoms with Crippen LogP contribution in [-0.4, -0.2) is 41.7 Å². The Hall–Kier alpha value is -3.14. The summed E-state index contributed by atoms with van der Waals surface area (Å²) in [5.41, 5.74) is 4.22. The maximum atomic E-state index is 13.8. The normalized spacial score (nSPS) is 16.7. The van der Waals surface area contributed by atoms with Gasteiger partial charge in [0.25, 0.3) is 5.91 Å². The van der Waals surface area contributed by atoms with Crippen LogP contribution < -0.4 is 4.90 Å². The topological polar surface area (TPSA) is 83.5 Å². The molecule has 2 aromatic carbocycles. The van der Waals surface area contributed by atoms with Gasteiger partial charge in [-0.3, -0.25) is 14.7 Å². The van der Waals surface area contributed by atoms with Crippen LogP contribution >= 0.6 is 11.3 Å². The molecule has 3 heterocycles. The predicted molar refractivity (Wildman–Crippen MR) is 147 cm³/mol. The minimum absolute atomic E-state index is 0.209. The molecule has 0 radical (unpaired) electrons. The van der Waals surface area contributed by atoms with Gasteiger partial charge in [0.15, 0.2) is 5.13 Å². The van der Waals surface area contributed by atoms with E-state index in [0.717, 1.165) is 39.9 Å². The van der Waals surface area contributed by atoms with Crippen LogP contribution in [0.2, 0.25) is 0 Å². The first-order valence-electron chi connectivity index (χ1n) is 12.4. The van der Waals surface area contributed by atoms with Crippen LogP contribution in [-0.2, 0) is 16.6 Å². The van der Waals surface area contributed by atoms with Gasteiger partial charge < -0.3 is 0 Å². The third-order valence-electron chi connectivity index (χ3n) is 6.69. The number of benzene rings is 2. The van der Waals surface area contributed by atoms with E-state index < -0.39 is 10.0 Å². The van der Waals surface area contributed by atoms with Crippen LogP contribution in [0, 0.1) is 19.8 Å². The van der Waals surface area contributed by atoms with Gasteiger partial charge in [-0.15, -0.1) is 0 Å². The lowest BCUT2D eigenvalue weighted by atomic mass is 10.0. The highest BCUT2D eigenvalue weighted by atomic mass is 32.2. The summed E-state index contributed by atoms with van der Waals surface area (Å²) in [6.45, 7) is 7.46. The smallest absolute Gasteiger partial charge is 0.260 e. The molecule has 1 aliphatic rings. The monoisotopic (exact) mass is 534 g/mol. The fourth-order valence-corrected chi connectivity index (χ4v) is 7.41. The summed E-state index contributed by atoms with van der Waals surface area (Å²) in [6.07, 6.45) is 3.60. The average Bonchev–Trinajstić information content (AvgIpc) is 3.32. The molecule has 1 fully saturated rings. The molecule has 7 nitrogen and oxygen atoms in total. The third-order valence-corrected chi connectivity index (χ3v) is 9.80. The molecule has 192 valence electrons. The Morgan fingerprint density at radius 3 is 2.62 bits per heavy atom. The van der Waals surface area contributed by atoms with E-state index in [4.69, 9.17) is 4.98 Å². The van der Waals surface area contributed by atoms with E-state index in [0.29, 0.717) is 29.7 Å². The van der Waals surface area contributed by atoms with Crippen LogP contribution in [0.25, 0.3) is 10.2 Å². The number of hydrogen-bond acceptors (Lipinski definition) is 6. The molecule has 1 aliphatic heterocycles. The number of aryl methyl sites for hydroxylation is 2. The number of nitrogens with zero attached hydrogens (tertiary/aromatic N) is 4. The summed E-state index contributed by atoms with van der Waals surface area (Å²) in [7, 11) is -3.60. The second-order valence-electron chi connectivity index (χ2n) is 9.77. The largest absolute Gasteiger partial charge is 0.278 e. The van der Waals surface area contributed by atoms with Crippen molar-refractivity contribution in [2.24, 2.45) is 5.92 Å². The highest BCUT2D eigenvalue weighted by Crippen LogP contribution is 2.34. The molecule has 0 aliphatic carbocycles. The van der Waals surface area contributed by atoms with E-state index in [9.17, 15) is 13.2 Å². The molecule has 0 bridgehead atoms. The van der Waals surface area contributed by atoms with Crippen molar-refractivity contribution in [1.29, 1.82) is 0 Å². The summed E-state index contributed by atoms with van der Waals surface area (Å²) in [4.78, 5) is 24.8. The molecular formula is C28H30N4O3S2. The number of pyridine rings is 1. The van der Waals surface area contributed by atoms with Crippen molar-refractivity contribution < 1.29 is 13.2 Å². The van der Waals surface area contributed by atoms with E-state index >= 15 is 0 Å². The molecule has 1 saturated heterocycles. The number of hydrogen-bond donors (Lipinski definition) is 0. The van der Waals surface area contributed by atoms with Gasteiger partial charge in [0, 0.05) is 24.8 Å². The molecule has 1 unspecified atom stereocenters. The number of piperidine rings is 1.